The van der Waals surface area contributed by atoms with E-state index in [1.54, 1.807) is 4.90 Å². The van der Waals surface area contributed by atoms with Crippen LogP contribution in [0, 0.1) is 0 Å². The van der Waals surface area contributed by atoms with Crippen molar-refractivity contribution in [1.82, 2.24) is 15.1 Å². The van der Waals surface area contributed by atoms with Crippen LogP contribution in [0.5, 0.6) is 0 Å². The van der Waals surface area contributed by atoms with Crippen LogP contribution < -0.4 is 5.32 Å². The van der Waals surface area contributed by atoms with E-state index in [1.165, 1.54) is 141 Å². The summed E-state index contributed by atoms with van der Waals surface area (Å²) in [5.74, 6) is 0.0313. The van der Waals surface area contributed by atoms with Crippen molar-refractivity contribution in [1.29, 1.82) is 0 Å². The lowest BCUT2D eigenvalue weighted by molar-refractivity contribution is -0.133. The molecule has 0 aliphatic carbocycles. The second-order valence-corrected chi connectivity index (χ2v) is 14.5. The maximum Gasteiger partial charge on any atom is 0.326 e. The minimum atomic E-state index is -0.680. The molecule has 5 nitrogen and oxygen atoms in total. The topological polar surface area (TPSA) is 52.6 Å². The minimum Gasteiger partial charge on any atom is -0.323 e. The van der Waals surface area contributed by atoms with Crippen molar-refractivity contribution >= 4 is 11.9 Å². The molecular weight excluding hydrogens is 554 g/mol. The van der Waals surface area contributed by atoms with Crippen molar-refractivity contribution in [3.63, 3.8) is 0 Å². The molecule has 0 atom stereocenters. The van der Waals surface area contributed by atoms with Crippen LogP contribution in [0.3, 0.4) is 0 Å². The highest BCUT2D eigenvalue weighted by atomic mass is 16.2. The molecule has 5 heteroatoms. The highest BCUT2D eigenvalue weighted by molar-refractivity contribution is 6.07. The molecular formula is C40H79N3O2. The standard InChI is InChI=1S/C40H79N3O2/c1-5-9-13-15-17-19-21-23-25-27-29-31-35-42(36-32-30-28-26-24-22-20-18-16-14-10-6-2)37-43-38(44)40(33-11-7-3,34-12-8-4)41-39(43)45/h5-37H2,1-4H3,(H,41,45). The zero-order chi connectivity index (χ0) is 32.9. The highest BCUT2D eigenvalue weighted by Crippen LogP contribution is 2.29. The summed E-state index contributed by atoms with van der Waals surface area (Å²) in [6.45, 7) is 11.3. The van der Waals surface area contributed by atoms with Gasteiger partial charge in [-0.3, -0.25) is 9.69 Å². The first-order valence-electron chi connectivity index (χ1n) is 20.4. The van der Waals surface area contributed by atoms with E-state index >= 15 is 0 Å². The third-order valence-corrected chi connectivity index (χ3v) is 10.2. The predicted molar refractivity (Wildman–Crippen MR) is 196 cm³/mol. The summed E-state index contributed by atoms with van der Waals surface area (Å²) in [6, 6.07) is -0.165. The molecule has 0 bridgehead atoms. The fourth-order valence-corrected chi connectivity index (χ4v) is 7.03. The van der Waals surface area contributed by atoms with Crippen LogP contribution in [0.15, 0.2) is 0 Å². The van der Waals surface area contributed by atoms with E-state index < -0.39 is 5.54 Å². The number of imide groups is 1. The number of carbonyl (C=O) groups is 2. The van der Waals surface area contributed by atoms with Crippen molar-refractivity contribution in [2.24, 2.45) is 0 Å². The summed E-state index contributed by atoms with van der Waals surface area (Å²) in [5.41, 5.74) is -0.680. The second kappa shape index (κ2) is 29.1. The molecule has 0 unspecified atom stereocenters. The fourth-order valence-electron chi connectivity index (χ4n) is 7.03. The van der Waals surface area contributed by atoms with Crippen LogP contribution in [-0.4, -0.2) is 47.0 Å². The lowest BCUT2D eigenvalue weighted by atomic mass is 9.87. The highest BCUT2D eigenvalue weighted by Gasteiger charge is 2.50. The first-order chi connectivity index (χ1) is 22.0. The second-order valence-electron chi connectivity index (χ2n) is 14.5. The molecule has 266 valence electrons. The van der Waals surface area contributed by atoms with Crippen molar-refractivity contribution in [2.45, 2.75) is 226 Å². The van der Waals surface area contributed by atoms with Gasteiger partial charge in [-0.25, -0.2) is 9.69 Å². The van der Waals surface area contributed by atoms with E-state index in [4.69, 9.17) is 0 Å². The summed E-state index contributed by atoms with van der Waals surface area (Å²) < 4.78 is 0. The van der Waals surface area contributed by atoms with Gasteiger partial charge in [0, 0.05) is 0 Å². The number of unbranched alkanes of at least 4 members (excludes halogenated alkanes) is 24. The number of rotatable bonds is 34. The van der Waals surface area contributed by atoms with Gasteiger partial charge >= 0.3 is 6.03 Å². The Labute approximate surface area is 281 Å². The van der Waals surface area contributed by atoms with E-state index in [-0.39, 0.29) is 11.9 Å². The Morgan fingerprint density at radius 2 is 0.778 bits per heavy atom. The molecule has 0 radical (unpaired) electrons. The Kier molecular flexibility index (Phi) is 27.1. The smallest absolute Gasteiger partial charge is 0.323 e. The lowest BCUT2D eigenvalue weighted by Gasteiger charge is -2.29. The average Bonchev–Trinajstić information content (AvgIpc) is 3.27. The molecule has 1 N–H and O–H groups in total. The Morgan fingerprint density at radius 1 is 0.467 bits per heavy atom. The molecule has 1 rings (SSSR count). The van der Waals surface area contributed by atoms with Gasteiger partial charge in [0.25, 0.3) is 5.91 Å². The van der Waals surface area contributed by atoms with Gasteiger partial charge < -0.3 is 5.32 Å². The van der Waals surface area contributed by atoms with Crippen LogP contribution in [-0.2, 0) is 4.79 Å². The monoisotopic (exact) mass is 634 g/mol. The number of carbonyl (C=O) groups excluding carboxylic acids is 2. The summed E-state index contributed by atoms with van der Waals surface area (Å²) in [4.78, 5) is 30.9. The zero-order valence-corrected chi connectivity index (χ0v) is 31.0. The summed E-state index contributed by atoms with van der Waals surface area (Å²) in [7, 11) is 0. The van der Waals surface area contributed by atoms with Crippen LogP contribution >= 0.6 is 0 Å². The number of hydrogen-bond acceptors (Lipinski definition) is 3. The fraction of sp³-hybridized carbons (Fsp3) is 0.950. The number of nitrogens with one attached hydrogen (secondary N) is 1. The maximum atomic E-state index is 13.8. The Balaban J connectivity index is 2.48. The Bertz CT molecular complexity index is 661. The molecule has 1 heterocycles. The summed E-state index contributed by atoms with van der Waals surface area (Å²) >= 11 is 0. The van der Waals surface area contributed by atoms with Gasteiger partial charge in [-0.05, 0) is 38.8 Å². The predicted octanol–water partition coefficient (Wildman–Crippen LogP) is 12.3. The van der Waals surface area contributed by atoms with Crippen molar-refractivity contribution in [3.05, 3.63) is 0 Å². The molecule has 0 aromatic rings. The molecule has 1 saturated heterocycles. The van der Waals surface area contributed by atoms with E-state index in [2.05, 4.69) is 37.9 Å². The molecule has 45 heavy (non-hydrogen) atoms. The van der Waals surface area contributed by atoms with Gasteiger partial charge in [-0.15, -0.1) is 0 Å². The third kappa shape index (κ3) is 20.0. The number of amides is 3. The summed E-state index contributed by atoms with van der Waals surface area (Å²) in [5, 5.41) is 3.18. The van der Waals surface area contributed by atoms with Gasteiger partial charge in [0.1, 0.15) is 5.54 Å². The third-order valence-electron chi connectivity index (χ3n) is 10.2. The van der Waals surface area contributed by atoms with Gasteiger partial charge in [0.2, 0.25) is 0 Å². The molecule has 1 aliphatic heterocycles. The van der Waals surface area contributed by atoms with Crippen molar-refractivity contribution in [2.75, 3.05) is 19.8 Å². The van der Waals surface area contributed by atoms with Crippen LogP contribution in [0.25, 0.3) is 0 Å². The minimum absolute atomic E-state index is 0.0313. The van der Waals surface area contributed by atoms with E-state index in [0.29, 0.717) is 6.67 Å². The van der Waals surface area contributed by atoms with Crippen molar-refractivity contribution in [3.8, 4) is 0 Å². The van der Waals surface area contributed by atoms with Gasteiger partial charge in [0.15, 0.2) is 0 Å². The lowest BCUT2D eigenvalue weighted by Crippen LogP contribution is -2.48. The first kappa shape index (κ1) is 41.9. The van der Waals surface area contributed by atoms with Gasteiger partial charge in [0.05, 0.1) is 6.67 Å². The van der Waals surface area contributed by atoms with Crippen LogP contribution in [0.1, 0.15) is 220 Å². The molecule has 1 aliphatic rings. The van der Waals surface area contributed by atoms with Gasteiger partial charge in [-0.1, -0.05) is 195 Å². The average molecular weight is 634 g/mol. The van der Waals surface area contributed by atoms with E-state index in [9.17, 15) is 9.59 Å². The zero-order valence-electron chi connectivity index (χ0n) is 31.0. The normalized spacial score (nSPS) is 14.6. The molecule has 0 spiro atoms. The SMILES string of the molecule is CCCCCCCCCCCCCCN(CCCCCCCCCCCCCC)CN1C(=O)NC(CCCC)(CCCC)C1=O. The molecule has 0 saturated carbocycles. The largest absolute Gasteiger partial charge is 0.326 e. The number of nitrogens with zero attached hydrogens (tertiary/aromatic N) is 2. The quantitative estimate of drug-likeness (QED) is 0.0566. The molecule has 3 amide bonds. The molecule has 0 aromatic carbocycles. The van der Waals surface area contributed by atoms with E-state index in [1.807, 2.05) is 0 Å². The van der Waals surface area contributed by atoms with Crippen molar-refractivity contribution < 1.29 is 9.59 Å². The maximum absolute atomic E-state index is 13.8. The van der Waals surface area contributed by atoms with E-state index in [0.717, 1.165) is 64.5 Å². The molecule has 0 aromatic heterocycles. The van der Waals surface area contributed by atoms with Gasteiger partial charge in [-0.2, -0.15) is 0 Å². The number of hydrogen-bond donors (Lipinski definition) is 1. The Hall–Kier alpha value is -1.10. The first-order valence-corrected chi connectivity index (χ1v) is 20.4. The Morgan fingerprint density at radius 3 is 1.11 bits per heavy atom. The number of urea groups is 1. The summed E-state index contributed by atoms with van der Waals surface area (Å²) in [6.07, 6.45) is 38.0. The molecule has 1 fully saturated rings. The van der Waals surface area contributed by atoms with Crippen LogP contribution in [0.4, 0.5) is 4.79 Å². The van der Waals surface area contributed by atoms with Crippen LogP contribution in [0.2, 0.25) is 0 Å².